The van der Waals surface area contributed by atoms with Crippen LogP contribution in [0.25, 0.3) is 0 Å². The van der Waals surface area contributed by atoms with Gasteiger partial charge in [-0.2, -0.15) is 0 Å². The van der Waals surface area contributed by atoms with Gasteiger partial charge in [0.25, 0.3) is 0 Å². The molecule has 3 rings (SSSR count). The average molecular weight is 342 g/mol. The van der Waals surface area contributed by atoms with Gasteiger partial charge in [0, 0.05) is 12.0 Å². The summed E-state index contributed by atoms with van der Waals surface area (Å²) < 4.78 is 11.2. The molecule has 2 N–H and O–H groups in total. The zero-order chi connectivity index (χ0) is 17.8. The number of fused-ring (bicyclic) bond motifs is 1. The number of hydrogen-bond donors (Lipinski definition) is 2. The maximum Gasteiger partial charge on any atom is 0.315 e. The standard InChI is InChI=1S/C20H26N2O3/c1-13(2)25-16-7-4-6-15(12-16)14(3)21-20(23)22-18-8-5-9-19-17(18)10-11-24-19/h4,6-7,10-14,18H,5,8-9H2,1-3H3,(H2,21,22,23). The monoisotopic (exact) mass is 342 g/mol. The second-order valence-corrected chi connectivity index (χ2v) is 6.82. The van der Waals surface area contributed by atoms with Crippen LogP contribution in [-0.2, 0) is 6.42 Å². The van der Waals surface area contributed by atoms with Crippen molar-refractivity contribution in [1.29, 1.82) is 0 Å². The Bertz CT molecular complexity index is 723. The van der Waals surface area contributed by atoms with Crippen LogP contribution in [-0.4, -0.2) is 12.1 Å². The number of furan rings is 1. The third-order valence-corrected chi connectivity index (χ3v) is 4.43. The molecular formula is C20H26N2O3. The fraction of sp³-hybridized carbons (Fsp3) is 0.450. The van der Waals surface area contributed by atoms with E-state index < -0.39 is 0 Å². The van der Waals surface area contributed by atoms with Crippen LogP contribution in [0, 0.1) is 0 Å². The van der Waals surface area contributed by atoms with Crippen LogP contribution in [0.2, 0.25) is 0 Å². The van der Waals surface area contributed by atoms with Crippen LogP contribution in [0.5, 0.6) is 5.75 Å². The van der Waals surface area contributed by atoms with Gasteiger partial charge in [0.15, 0.2) is 0 Å². The summed E-state index contributed by atoms with van der Waals surface area (Å²) in [6, 6.07) is 9.54. The number of nitrogens with one attached hydrogen (secondary N) is 2. The Balaban J connectivity index is 1.60. The van der Waals surface area contributed by atoms with Gasteiger partial charge in [-0.3, -0.25) is 0 Å². The predicted molar refractivity (Wildman–Crippen MR) is 96.7 cm³/mol. The van der Waals surface area contributed by atoms with E-state index in [1.807, 2.05) is 51.1 Å². The van der Waals surface area contributed by atoms with Crippen LogP contribution in [0.15, 0.2) is 41.0 Å². The normalized spacial score (nSPS) is 17.7. The lowest BCUT2D eigenvalue weighted by molar-refractivity contribution is 0.231. The Morgan fingerprint density at radius 3 is 2.92 bits per heavy atom. The molecular weight excluding hydrogens is 316 g/mol. The molecule has 1 aromatic heterocycles. The van der Waals surface area contributed by atoms with Crippen molar-refractivity contribution < 1.29 is 13.9 Å². The maximum atomic E-state index is 12.4. The first-order valence-electron chi connectivity index (χ1n) is 8.93. The molecule has 134 valence electrons. The molecule has 1 aliphatic rings. The Morgan fingerprint density at radius 2 is 2.12 bits per heavy atom. The summed E-state index contributed by atoms with van der Waals surface area (Å²) in [7, 11) is 0. The minimum Gasteiger partial charge on any atom is -0.491 e. The minimum absolute atomic E-state index is 0.0188. The summed E-state index contributed by atoms with van der Waals surface area (Å²) >= 11 is 0. The van der Waals surface area contributed by atoms with E-state index in [9.17, 15) is 4.79 Å². The minimum atomic E-state index is -0.165. The van der Waals surface area contributed by atoms with Crippen molar-refractivity contribution in [2.24, 2.45) is 0 Å². The van der Waals surface area contributed by atoms with Gasteiger partial charge in [0.05, 0.1) is 24.5 Å². The van der Waals surface area contributed by atoms with E-state index in [-0.39, 0.29) is 24.2 Å². The molecule has 0 spiro atoms. The molecule has 0 bridgehead atoms. The molecule has 0 fully saturated rings. The summed E-state index contributed by atoms with van der Waals surface area (Å²) in [5, 5.41) is 6.08. The maximum absolute atomic E-state index is 12.4. The Kier molecular flexibility index (Phi) is 5.31. The second kappa shape index (κ2) is 7.64. The van der Waals surface area contributed by atoms with E-state index in [0.717, 1.165) is 41.9 Å². The first-order chi connectivity index (χ1) is 12.0. The van der Waals surface area contributed by atoms with Crippen molar-refractivity contribution in [2.75, 3.05) is 0 Å². The molecule has 2 amide bonds. The van der Waals surface area contributed by atoms with Crippen molar-refractivity contribution in [2.45, 2.75) is 58.2 Å². The van der Waals surface area contributed by atoms with Crippen LogP contribution >= 0.6 is 0 Å². The van der Waals surface area contributed by atoms with Crippen LogP contribution in [0.3, 0.4) is 0 Å². The molecule has 2 unspecified atom stereocenters. The smallest absolute Gasteiger partial charge is 0.315 e. The molecule has 5 nitrogen and oxygen atoms in total. The predicted octanol–water partition coefficient (Wildman–Crippen LogP) is 4.50. The summed E-state index contributed by atoms with van der Waals surface area (Å²) in [6.45, 7) is 5.96. The van der Waals surface area contributed by atoms with E-state index in [0.29, 0.717) is 0 Å². The Hall–Kier alpha value is -2.43. The molecule has 1 heterocycles. The number of carbonyl (C=O) groups excluding carboxylic acids is 1. The molecule has 0 saturated carbocycles. The number of benzene rings is 1. The van der Waals surface area contributed by atoms with Gasteiger partial charge in [-0.25, -0.2) is 4.79 Å². The molecule has 5 heteroatoms. The molecule has 1 aromatic carbocycles. The van der Waals surface area contributed by atoms with Crippen molar-refractivity contribution in [3.05, 3.63) is 53.5 Å². The SMILES string of the molecule is CC(C)Oc1cccc(C(C)NC(=O)NC2CCCc3occc32)c1. The average Bonchev–Trinajstić information content (AvgIpc) is 3.04. The number of urea groups is 1. The van der Waals surface area contributed by atoms with E-state index in [1.54, 1.807) is 6.26 Å². The molecule has 0 saturated heterocycles. The first-order valence-corrected chi connectivity index (χ1v) is 8.93. The van der Waals surface area contributed by atoms with Crippen molar-refractivity contribution in [3.63, 3.8) is 0 Å². The van der Waals surface area contributed by atoms with Gasteiger partial charge in [-0.15, -0.1) is 0 Å². The van der Waals surface area contributed by atoms with E-state index in [4.69, 9.17) is 9.15 Å². The number of hydrogen-bond acceptors (Lipinski definition) is 3. The number of carbonyl (C=O) groups is 1. The lowest BCUT2D eigenvalue weighted by Crippen LogP contribution is -2.40. The summed E-state index contributed by atoms with van der Waals surface area (Å²) in [6.07, 6.45) is 4.73. The van der Waals surface area contributed by atoms with Gasteiger partial charge in [0.2, 0.25) is 0 Å². The lowest BCUT2D eigenvalue weighted by Gasteiger charge is -2.24. The van der Waals surface area contributed by atoms with Crippen LogP contribution in [0.1, 0.15) is 62.6 Å². The zero-order valence-corrected chi connectivity index (χ0v) is 15.0. The van der Waals surface area contributed by atoms with Gasteiger partial charge in [-0.05, 0) is 57.4 Å². The van der Waals surface area contributed by atoms with Gasteiger partial charge < -0.3 is 19.8 Å². The number of aryl methyl sites for hydroxylation is 1. The molecule has 2 atom stereocenters. The highest BCUT2D eigenvalue weighted by atomic mass is 16.5. The summed E-state index contributed by atoms with van der Waals surface area (Å²) in [4.78, 5) is 12.4. The zero-order valence-electron chi connectivity index (χ0n) is 15.0. The van der Waals surface area contributed by atoms with Gasteiger partial charge >= 0.3 is 6.03 Å². The third kappa shape index (κ3) is 4.35. The quantitative estimate of drug-likeness (QED) is 0.840. The summed E-state index contributed by atoms with van der Waals surface area (Å²) in [5.41, 5.74) is 2.11. The van der Waals surface area contributed by atoms with Gasteiger partial charge in [-0.1, -0.05) is 12.1 Å². The fourth-order valence-electron chi connectivity index (χ4n) is 3.25. The van der Waals surface area contributed by atoms with E-state index in [1.165, 1.54) is 0 Å². The van der Waals surface area contributed by atoms with Crippen LogP contribution in [0.4, 0.5) is 4.79 Å². The highest BCUT2D eigenvalue weighted by molar-refractivity contribution is 5.75. The molecule has 0 aliphatic heterocycles. The Morgan fingerprint density at radius 1 is 1.28 bits per heavy atom. The van der Waals surface area contributed by atoms with Crippen molar-refractivity contribution in [3.8, 4) is 5.75 Å². The highest BCUT2D eigenvalue weighted by Crippen LogP contribution is 2.30. The molecule has 0 radical (unpaired) electrons. The molecule has 25 heavy (non-hydrogen) atoms. The van der Waals surface area contributed by atoms with Crippen LogP contribution < -0.4 is 15.4 Å². The lowest BCUT2D eigenvalue weighted by atomic mass is 9.93. The molecule has 1 aliphatic carbocycles. The largest absolute Gasteiger partial charge is 0.491 e. The molecule has 2 aromatic rings. The second-order valence-electron chi connectivity index (χ2n) is 6.82. The number of rotatable bonds is 5. The van der Waals surface area contributed by atoms with Gasteiger partial charge in [0.1, 0.15) is 11.5 Å². The van der Waals surface area contributed by atoms with Crippen molar-refractivity contribution in [1.82, 2.24) is 10.6 Å². The topological polar surface area (TPSA) is 63.5 Å². The Labute approximate surface area is 148 Å². The van der Waals surface area contributed by atoms with Crippen molar-refractivity contribution >= 4 is 6.03 Å². The number of ether oxygens (including phenoxy) is 1. The highest BCUT2D eigenvalue weighted by Gasteiger charge is 2.24. The third-order valence-electron chi connectivity index (χ3n) is 4.43. The summed E-state index contributed by atoms with van der Waals surface area (Å²) in [5.74, 6) is 1.81. The van der Waals surface area contributed by atoms with E-state index in [2.05, 4.69) is 10.6 Å². The number of amides is 2. The van der Waals surface area contributed by atoms with E-state index >= 15 is 0 Å². The first kappa shape index (κ1) is 17.4. The fourth-order valence-corrected chi connectivity index (χ4v) is 3.25.